The van der Waals surface area contributed by atoms with Crippen molar-refractivity contribution in [2.75, 3.05) is 13.2 Å². The summed E-state index contributed by atoms with van der Waals surface area (Å²) in [6.07, 6.45) is -0.630. The summed E-state index contributed by atoms with van der Waals surface area (Å²) < 4.78 is 5.28. The molecule has 0 bridgehead atoms. The van der Waals surface area contributed by atoms with Gasteiger partial charge in [0.05, 0.1) is 0 Å². The Kier molecular flexibility index (Phi) is 4.20. The van der Waals surface area contributed by atoms with Gasteiger partial charge in [-0.2, -0.15) is 0 Å². The first-order valence-electron chi connectivity index (χ1n) is 4.40. The summed E-state index contributed by atoms with van der Waals surface area (Å²) >= 11 is 5.90. The van der Waals surface area contributed by atoms with Crippen molar-refractivity contribution in [1.82, 2.24) is 0 Å². The molecule has 0 aliphatic carbocycles. The van der Waals surface area contributed by atoms with Gasteiger partial charge in [0.25, 0.3) is 0 Å². The molecular weight excluding hydrogens is 202 g/mol. The van der Waals surface area contributed by atoms with E-state index in [4.69, 9.17) is 27.2 Å². The van der Waals surface area contributed by atoms with Crippen LogP contribution < -0.4 is 10.5 Å². The third kappa shape index (κ3) is 3.18. The molecule has 4 heteroatoms. The number of rotatable bonds is 4. The van der Waals surface area contributed by atoms with E-state index >= 15 is 0 Å². The van der Waals surface area contributed by atoms with E-state index in [0.717, 1.165) is 5.56 Å². The number of ether oxygens (including phenoxy) is 1. The molecule has 1 atom stereocenters. The fraction of sp³-hybridized carbons (Fsp3) is 0.400. The quantitative estimate of drug-likeness (QED) is 0.797. The van der Waals surface area contributed by atoms with Gasteiger partial charge >= 0.3 is 0 Å². The number of aryl methyl sites for hydroxylation is 1. The van der Waals surface area contributed by atoms with Gasteiger partial charge in [-0.3, -0.25) is 0 Å². The summed E-state index contributed by atoms with van der Waals surface area (Å²) in [4.78, 5) is 0. The van der Waals surface area contributed by atoms with E-state index in [0.29, 0.717) is 10.8 Å². The first kappa shape index (κ1) is 11.3. The van der Waals surface area contributed by atoms with Crippen LogP contribution in [-0.4, -0.2) is 24.4 Å². The lowest BCUT2D eigenvalue weighted by Crippen LogP contribution is -2.26. The molecule has 0 aliphatic heterocycles. The monoisotopic (exact) mass is 215 g/mol. The minimum Gasteiger partial charge on any atom is -0.491 e. The molecule has 0 saturated carbocycles. The van der Waals surface area contributed by atoms with Crippen molar-refractivity contribution in [2.45, 2.75) is 13.0 Å². The summed E-state index contributed by atoms with van der Waals surface area (Å²) in [5, 5.41) is 9.82. The number of hydrogen-bond acceptors (Lipinski definition) is 3. The third-order valence-electron chi connectivity index (χ3n) is 1.86. The Hall–Kier alpha value is -0.770. The van der Waals surface area contributed by atoms with Gasteiger partial charge in [0.1, 0.15) is 18.5 Å². The van der Waals surface area contributed by atoms with E-state index in [1.807, 2.05) is 19.1 Å². The molecule has 0 radical (unpaired) electrons. The van der Waals surface area contributed by atoms with E-state index in [1.165, 1.54) is 0 Å². The highest BCUT2D eigenvalue weighted by Gasteiger charge is 2.03. The summed E-state index contributed by atoms with van der Waals surface area (Å²) in [6, 6.07) is 5.40. The number of halogens is 1. The Bertz CT molecular complexity index is 304. The second kappa shape index (κ2) is 5.20. The van der Waals surface area contributed by atoms with E-state index in [1.54, 1.807) is 6.07 Å². The first-order chi connectivity index (χ1) is 6.63. The van der Waals surface area contributed by atoms with Crippen molar-refractivity contribution >= 4 is 11.6 Å². The maximum Gasteiger partial charge on any atom is 0.120 e. The van der Waals surface area contributed by atoms with Gasteiger partial charge in [-0.05, 0) is 24.6 Å². The van der Waals surface area contributed by atoms with Crippen LogP contribution in [0.3, 0.4) is 0 Å². The second-order valence-electron chi connectivity index (χ2n) is 3.11. The standard InChI is InChI=1S/C10H14ClNO2/c1-7-2-3-9(4-10(7)11)14-6-8(13)5-12/h2-4,8,13H,5-6,12H2,1H3/t8-/m1/s1. The number of benzene rings is 1. The van der Waals surface area contributed by atoms with Crippen LogP contribution in [0.1, 0.15) is 5.56 Å². The van der Waals surface area contributed by atoms with Crippen LogP contribution in [0.25, 0.3) is 0 Å². The molecule has 3 N–H and O–H groups in total. The molecule has 0 amide bonds. The van der Waals surface area contributed by atoms with Crippen LogP contribution in [-0.2, 0) is 0 Å². The molecule has 0 unspecified atom stereocenters. The zero-order valence-corrected chi connectivity index (χ0v) is 8.79. The minimum absolute atomic E-state index is 0.190. The van der Waals surface area contributed by atoms with Crippen molar-refractivity contribution in [1.29, 1.82) is 0 Å². The molecule has 1 aromatic rings. The maximum atomic E-state index is 9.16. The van der Waals surface area contributed by atoms with Gasteiger partial charge in [-0.15, -0.1) is 0 Å². The lowest BCUT2D eigenvalue weighted by Gasteiger charge is -2.10. The molecule has 14 heavy (non-hydrogen) atoms. The normalized spacial score (nSPS) is 12.6. The number of hydrogen-bond donors (Lipinski definition) is 2. The van der Waals surface area contributed by atoms with Crippen LogP contribution in [0, 0.1) is 6.92 Å². The number of aliphatic hydroxyl groups excluding tert-OH is 1. The predicted molar refractivity (Wildman–Crippen MR) is 56.7 cm³/mol. The average molecular weight is 216 g/mol. The third-order valence-corrected chi connectivity index (χ3v) is 2.26. The van der Waals surface area contributed by atoms with Gasteiger partial charge < -0.3 is 15.6 Å². The van der Waals surface area contributed by atoms with Crippen molar-refractivity contribution < 1.29 is 9.84 Å². The minimum atomic E-state index is -0.630. The highest BCUT2D eigenvalue weighted by atomic mass is 35.5. The fourth-order valence-corrected chi connectivity index (χ4v) is 1.09. The maximum absolute atomic E-state index is 9.16. The predicted octanol–water partition coefficient (Wildman–Crippen LogP) is 1.35. The summed E-state index contributed by atoms with van der Waals surface area (Å²) in [7, 11) is 0. The first-order valence-corrected chi connectivity index (χ1v) is 4.78. The van der Waals surface area contributed by atoms with Gasteiger partial charge in [0, 0.05) is 11.6 Å². The van der Waals surface area contributed by atoms with Crippen LogP contribution in [0.4, 0.5) is 0 Å². The highest BCUT2D eigenvalue weighted by Crippen LogP contribution is 2.21. The smallest absolute Gasteiger partial charge is 0.120 e. The van der Waals surface area contributed by atoms with Crippen molar-refractivity contribution in [2.24, 2.45) is 5.73 Å². The summed E-state index contributed by atoms with van der Waals surface area (Å²) in [5.74, 6) is 0.646. The SMILES string of the molecule is Cc1ccc(OC[C@H](O)CN)cc1Cl. The zero-order chi connectivity index (χ0) is 10.6. The van der Waals surface area contributed by atoms with Gasteiger partial charge in [-0.1, -0.05) is 17.7 Å². The Labute approximate surface area is 88.4 Å². The molecule has 0 spiro atoms. The van der Waals surface area contributed by atoms with Crippen LogP contribution in [0.5, 0.6) is 5.75 Å². The topological polar surface area (TPSA) is 55.5 Å². The Morgan fingerprint density at radius 3 is 2.86 bits per heavy atom. The van der Waals surface area contributed by atoms with Crippen molar-refractivity contribution in [3.8, 4) is 5.75 Å². The van der Waals surface area contributed by atoms with Crippen molar-refractivity contribution in [3.05, 3.63) is 28.8 Å². The summed E-state index contributed by atoms with van der Waals surface area (Å²) in [6.45, 7) is 2.30. The Morgan fingerprint density at radius 1 is 1.57 bits per heavy atom. The molecule has 78 valence electrons. The van der Waals surface area contributed by atoms with Crippen molar-refractivity contribution in [3.63, 3.8) is 0 Å². The largest absolute Gasteiger partial charge is 0.491 e. The highest BCUT2D eigenvalue weighted by molar-refractivity contribution is 6.31. The Balaban J connectivity index is 2.55. The van der Waals surface area contributed by atoms with Crippen LogP contribution in [0.2, 0.25) is 5.02 Å². The summed E-state index contributed by atoms with van der Waals surface area (Å²) in [5.41, 5.74) is 6.23. The molecule has 3 nitrogen and oxygen atoms in total. The van der Waals surface area contributed by atoms with Gasteiger partial charge in [0.2, 0.25) is 0 Å². The lowest BCUT2D eigenvalue weighted by molar-refractivity contribution is 0.114. The molecular formula is C10H14ClNO2. The molecule has 0 aliphatic rings. The zero-order valence-electron chi connectivity index (χ0n) is 8.03. The van der Waals surface area contributed by atoms with E-state index in [9.17, 15) is 0 Å². The molecule has 0 aromatic heterocycles. The van der Waals surface area contributed by atoms with Gasteiger partial charge in [-0.25, -0.2) is 0 Å². The molecule has 0 fully saturated rings. The Morgan fingerprint density at radius 2 is 2.29 bits per heavy atom. The van der Waals surface area contributed by atoms with Gasteiger partial charge in [0.15, 0.2) is 0 Å². The fourth-order valence-electron chi connectivity index (χ4n) is 0.924. The average Bonchev–Trinajstić information content (AvgIpc) is 2.19. The van der Waals surface area contributed by atoms with Crippen LogP contribution >= 0.6 is 11.6 Å². The second-order valence-corrected chi connectivity index (χ2v) is 3.52. The molecule has 1 rings (SSSR count). The number of aliphatic hydroxyl groups is 1. The van der Waals surface area contributed by atoms with Crippen LogP contribution in [0.15, 0.2) is 18.2 Å². The molecule has 0 saturated heterocycles. The molecule has 0 heterocycles. The van der Waals surface area contributed by atoms with E-state index in [-0.39, 0.29) is 13.2 Å². The number of nitrogens with two attached hydrogens (primary N) is 1. The van der Waals surface area contributed by atoms with E-state index < -0.39 is 6.10 Å². The lowest BCUT2D eigenvalue weighted by atomic mass is 10.2. The molecule has 1 aromatic carbocycles. The van der Waals surface area contributed by atoms with E-state index in [2.05, 4.69) is 0 Å².